The smallest absolute Gasteiger partial charge is 0.208 e. The van der Waals surface area contributed by atoms with Crippen LogP contribution in [-0.4, -0.2) is 13.4 Å². The molecule has 0 saturated carbocycles. The molecular formula is C22H12ClFN2O2S. The second-order valence-corrected chi connectivity index (χ2v) is 8.67. The van der Waals surface area contributed by atoms with E-state index in [4.69, 9.17) is 16.9 Å². The maximum atomic E-state index is 13.9. The van der Waals surface area contributed by atoms with Crippen molar-refractivity contribution in [3.63, 3.8) is 0 Å². The fraction of sp³-hybridized carbons (Fsp3) is 0. The van der Waals surface area contributed by atoms with Gasteiger partial charge in [-0.25, -0.2) is 12.8 Å². The topological polar surface area (TPSA) is 70.8 Å². The summed E-state index contributed by atoms with van der Waals surface area (Å²) in [5, 5.41) is 10.2. The van der Waals surface area contributed by atoms with Gasteiger partial charge in [0.15, 0.2) is 0 Å². The molecular weight excluding hydrogens is 411 g/mol. The second kappa shape index (κ2) is 7.28. The molecule has 142 valence electrons. The zero-order valence-electron chi connectivity index (χ0n) is 14.8. The van der Waals surface area contributed by atoms with E-state index < -0.39 is 15.7 Å². The van der Waals surface area contributed by atoms with Gasteiger partial charge in [0.2, 0.25) is 9.84 Å². The van der Waals surface area contributed by atoms with Gasteiger partial charge in [0.1, 0.15) is 5.82 Å². The molecule has 0 fully saturated rings. The summed E-state index contributed by atoms with van der Waals surface area (Å²) in [7, 11) is -4.17. The van der Waals surface area contributed by atoms with Crippen LogP contribution in [0.5, 0.6) is 0 Å². The monoisotopic (exact) mass is 422 g/mol. The van der Waals surface area contributed by atoms with E-state index in [9.17, 15) is 12.8 Å². The van der Waals surface area contributed by atoms with E-state index in [0.717, 1.165) is 18.2 Å². The van der Waals surface area contributed by atoms with Crippen LogP contribution in [0.1, 0.15) is 5.56 Å². The molecule has 0 unspecified atom stereocenters. The number of pyridine rings is 1. The minimum absolute atomic E-state index is 0.0818. The van der Waals surface area contributed by atoms with Crippen LogP contribution in [-0.2, 0) is 9.84 Å². The standard InChI is InChI=1S/C22H12ClFN2O2S/c23-16-5-3-4-15(10-16)22-19-6-1-2-7-20(19)26-13-21(22)29(27,28)18-9-14(12-25)8-17(24)11-18/h1-11,13H. The lowest BCUT2D eigenvalue weighted by Gasteiger charge is -2.14. The molecule has 0 N–H and O–H groups in total. The van der Waals surface area contributed by atoms with Gasteiger partial charge in [-0.1, -0.05) is 41.9 Å². The van der Waals surface area contributed by atoms with Crippen LogP contribution in [0.4, 0.5) is 4.39 Å². The summed E-state index contributed by atoms with van der Waals surface area (Å²) < 4.78 is 40.8. The van der Waals surface area contributed by atoms with Crippen molar-refractivity contribution >= 4 is 32.3 Å². The van der Waals surface area contributed by atoms with E-state index in [1.54, 1.807) is 54.6 Å². The Labute approximate surface area is 171 Å². The number of aromatic nitrogens is 1. The van der Waals surface area contributed by atoms with E-state index in [1.807, 2.05) is 0 Å². The van der Waals surface area contributed by atoms with Gasteiger partial charge in [-0.2, -0.15) is 5.26 Å². The van der Waals surface area contributed by atoms with Crippen LogP contribution in [0.15, 0.2) is 82.7 Å². The van der Waals surface area contributed by atoms with Crippen molar-refractivity contribution in [3.05, 3.63) is 89.3 Å². The van der Waals surface area contributed by atoms with Crippen LogP contribution < -0.4 is 0 Å². The summed E-state index contributed by atoms with van der Waals surface area (Å²) in [6.45, 7) is 0. The average molecular weight is 423 g/mol. The Morgan fingerprint density at radius 2 is 1.79 bits per heavy atom. The average Bonchev–Trinajstić information content (AvgIpc) is 2.72. The highest BCUT2D eigenvalue weighted by Gasteiger charge is 2.25. The molecule has 4 rings (SSSR count). The van der Waals surface area contributed by atoms with Crippen molar-refractivity contribution < 1.29 is 12.8 Å². The molecule has 0 spiro atoms. The summed E-state index contributed by atoms with van der Waals surface area (Å²) in [4.78, 5) is 3.88. The number of hydrogen-bond acceptors (Lipinski definition) is 4. The van der Waals surface area contributed by atoms with Gasteiger partial charge < -0.3 is 0 Å². The van der Waals surface area contributed by atoms with Gasteiger partial charge in [0.25, 0.3) is 0 Å². The molecule has 1 aromatic heterocycles. The largest absolute Gasteiger partial charge is 0.255 e. The molecule has 0 amide bonds. The first kappa shape index (κ1) is 19.1. The summed E-state index contributed by atoms with van der Waals surface area (Å²) in [5.41, 5.74) is 1.53. The highest BCUT2D eigenvalue weighted by atomic mass is 35.5. The maximum Gasteiger partial charge on any atom is 0.208 e. The summed E-state index contributed by atoms with van der Waals surface area (Å²) in [6, 6.07) is 18.8. The van der Waals surface area contributed by atoms with E-state index in [0.29, 0.717) is 27.1 Å². The molecule has 0 aliphatic heterocycles. The number of para-hydroxylation sites is 1. The molecule has 4 nitrogen and oxygen atoms in total. The molecule has 0 atom stereocenters. The summed E-state index contributed by atoms with van der Waals surface area (Å²) >= 11 is 6.14. The molecule has 1 heterocycles. The number of benzene rings is 3. The lowest BCUT2D eigenvalue weighted by Crippen LogP contribution is -2.06. The molecule has 0 bridgehead atoms. The quantitative estimate of drug-likeness (QED) is 0.443. The van der Waals surface area contributed by atoms with Crippen LogP contribution >= 0.6 is 11.6 Å². The third-order valence-electron chi connectivity index (χ3n) is 4.45. The number of halogens is 2. The number of nitriles is 1. The highest BCUT2D eigenvalue weighted by Crippen LogP contribution is 2.37. The Morgan fingerprint density at radius 3 is 2.55 bits per heavy atom. The molecule has 0 aliphatic rings. The minimum atomic E-state index is -4.17. The lowest BCUT2D eigenvalue weighted by atomic mass is 10.0. The zero-order valence-corrected chi connectivity index (χ0v) is 16.4. The van der Waals surface area contributed by atoms with Crippen LogP contribution in [0, 0.1) is 17.1 Å². The van der Waals surface area contributed by atoms with E-state index >= 15 is 0 Å². The number of nitrogens with zero attached hydrogens (tertiary/aromatic N) is 2. The Kier molecular flexibility index (Phi) is 4.79. The SMILES string of the molecule is N#Cc1cc(F)cc(S(=O)(=O)c2cnc3ccccc3c2-c2cccc(Cl)c2)c1. The predicted octanol–water partition coefficient (Wildman–Crippen LogP) is 5.40. The molecule has 4 aromatic rings. The molecule has 0 aliphatic carbocycles. The van der Waals surface area contributed by atoms with Crippen molar-refractivity contribution in [2.75, 3.05) is 0 Å². The highest BCUT2D eigenvalue weighted by molar-refractivity contribution is 7.91. The van der Waals surface area contributed by atoms with Crippen LogP contribution in [0.3, 0.4) is 0 Å². The molecule has 29 heavy (non-hydrogen) atoms. The first-order valence-corrected chi connectivity index (χ1v) is 10.4. The van der Waals surface area contributed by atoms with Crippen molar-refractivity contribution in [2.24, 2.45) is 0 Å². The van der Waals surface area contributed by atoms with E-state index in [1.165, 1.54) is 6.20 Å². The van der Waals surface area contributed by atoms with Crippen molar-refractivity contribution in [2.45, 2.75) is 9.79 Å². The minimum Gasteiger partial charge on any atom is -0.255 e. The molecule has 0 saturated heterocycles. The van der Waals surface area contributed by atoms with Crippen LogP contribution in [0.2, 0.25) is 5.02 Å². The fourth-order valence-electron chi connectivity index (χ4n) is 3.18. The van der Waals surface area contributed by atoms with Gasteiger partial charge in [-0.3, -0.25) is 4.98 Å². The number of sulfone groups is 1. The normalized spacial score (nSPS) is 11.3. The van der Waals surface area contributed by atoms with Crippen molar-refractivity contribution in [1.29, 1.82) is 5.26 Å². The van der Waals surface area contributed by atoms with Gasteiger partial charge in [0.05, 0.1) is 26.9 Å². The Morgan fingerprint density at radius 1 is 1.00 bits per heavy atom. The van der Waals surface area contributed by atoms with Crippen molar-refractivity contribution in [3.8, 4) is 17.2 Å². The first-order chi connectivity index (χ1) is 13.9. The van der Waals surface area contributed by atoms with Gasteiger partial charge in [-0.05, 0) is 42.0 Å². The van der Waals surface area contributed by atoms with Gasteiger partial charge >= 0.3 is 0 Å². The summed E-state index contributed by atoms with van der Waals surface area (Å²) in [5.74, 6) is -0.805. The third kappa shape index (κ3) is 3.46. The zero-order chi connectivity index (χ0) is 20.6. The van der Waals surface area contributed by atoms with E-state index in [2.05, 4.69) is 4.98 Å². The first-order valence-electron chi connectivity index (χ1n) is 8.49. The Bertz CT molecular complexity index is 1410. The molecule has 0 radical (unpaired) electrons. The number of hydrogen-bond donors (Lipinski definition) is 0. The van der Waals surface area contributed by atoms with E-state index in [-0.39, 0.29) is 15.4 Å². The van der Waals surface area contributed by atoms with Crippen molar-refractivity contribution in [1.82, 2.24) is 4.98 Å². The van der Waals surface area contributed by atoms with Gasteiger partial charge in [-0.15, -0.1) is 0 Å². The lowest BCUT2D eigenvalue weighted by molar-refractivity contribution is 0.590. The third-order valence-corrected chi connectivity index (χ3v) is 6.43. The maximum absolute atomic E-state index is 13.9. The Balaban J connectivity index is 2.08. The predicted molar refractivity (Wildman–Crippen MR) is 109 cm³/mol. The Hall–Kier alpha value is -3.27. The van der Waals surface area contributed by atoms with Gasteiger partial charge in [0, 0.05) is 22.2 Å². The van der Waals surface area contributed by atoms with Crippen LogP contribution in [0.25, 0.3) is 22.0 Å². The number of rotatable bonds is 3. The second-order valence-electron chi connectivity index (χ2n) is 6.32. The number of fused-ring (bicyclic) bond motifs is 1. The molecule has 3 aromatic carbocycles. The fourth-order valence-corrected chi connectivity index (χ4v) is 4.86. The summed E-state index contributed by atoms with van der Waals surface area (Å²) in [6.07, 6.45) is 1.25. The molecule has 7 heteroatoms.